The molecule has 3 unspecified atom stereocenters. The summed E-state index contributed by atoms with van der Waals surface area (Å²) in [4.78, 5) is 73.0. The lowest BCUT2D eigenvalue weighted by atomic mass is 10.1. The van der Waals surface area contributed by atoms with Gasteiger partial charge in [-0.05, 0) is 148 Å². The molecule has 19 heteroatoms. The van der Waals surface area contributed by atoms with Crippen LogP contribution in [0.4, 0.5) is 0 Å². The summed E-state index contributed by atoms with van der Waals surface area (Å²) in [5, 5.41) is 10.6. The quantitative estimate of drug-likeness (QED) is 0.0169. The number of carbonyl (C=O) groups excluding carboxylic acids is 4. The lowest BCUT2D eigenvalue weighted by Crippen LogP contribution is -2.30. The zero-order chi connectivity index (χ0) is 76.0. The zero-order valence-electron chi connectivity index (χ0n) is 65.4. The van der Waals surface area contributed by atoms with Crippen molar-refractivity contribution < 1.29 is 80.2 Å². The Kier molecular flexibility index (Phi) is 73.3. The highest BCUT2D eigenvalue weighted by molar-refractivity contribution is 7.47. The van der Waals surface area contributed by atoms with Gasteiger partial charge in [0.2, 0.25) is 0 Å². The molecule has 0 heterocycles. The Labute approximate surface area is 632 Å². The second-order valence-corrected chi connectivity index (χ2v) is 29.9. The van der Waals surface area contributed by atoms with Crippen LogP contribution in [0.25, 0.3) is 0 Å². The number of hydrogen-bond acceptors (Lipinski definition) is 15. The first-order valence-corrected chi connectivity index (χ1v) is 43.8. The van der Waals surface area contributed by atoms with Crippen molar-refractivity contribution in [2.45, 2.75) is 354 Å². The van der Waals surface area contributed by atoms with E-state index in [9.17, 15) is 43.2 Å². The molecule has 0 saturated carbocycles. The fraction of sp³-hybridized carbons (Fsp3) is 0.718. The van der Waals surface area contributed by atoms with Crippen molar-refractivity contribution in [3.05, 3.63) is 122 Å². The largest absolute Gasteiger partial charge is 0.472 e. The maximum Gasteiger partial charge on any atom is 0.472 e. The molecule has 0 aromatic heterocycles. The van der Waals surface area contributed by atoms with Gasteiger partial charge in [0.05, 0.1) is 26.4 Å². The summed E-state index contributed by atoms with van der Waals surface area (Å²) < 4.78 is 68.6. The van der Waals surface area contributed by atoms with Crippen molar-refractivity contribution in [2.75, 3.05) is 39.6 Å². The monoisotopic (exact) mass is 1500 g/mol. The summed E-state index contributed by atoms with van der Waals surface area (Å²) in [5.74, 6) is -2.29. The van der Waals surface area contributed by atoms with Crippen LogP contribution in [0.1, 0.15) is 336 Å². The molecule has 0 aromatic carbocycles. The number of aliphatic hydroxyl groups is 1. The molecule has 0 aliphatic carbocycles. The number of unbranched alkanes of at least 4 members (excludes halogenated alkanes) is 30. The Morgan fingerprint density at radius 2 is 0.519 bits per heavy atom. The van der Waals surface area contributed by atoms with Crippen molar-refractivity contribution in [2.24, 2.45) is 0 Å². The predicted octanol–water partition coefficient (Wildman–Crippen LogP) is 23.9. The first-order chi connectivity index (χ1) is 50.7. The van der Waals surface area contributed by atoms with Gasteiger partial charge in [0.15, 0.2) is 12.2 Å². The molecule has 0 radical (unpaired) electrons. The van der Waals surface area contributed by atoms with Gasteiger partial charge in [-0.3, -0.25) is 37.3 Å². The maximum absolute atomic E-state index is 13.1. The number of aliphatic hydroxyl groups excluding tert-OH is 1. The van der Waals surface area contributed by atoms with E-state index >= 15 is 0 Å². The molecule has 0 spiro atoms. The molecule has 3 N–H and O–H groups in total. The van der Waals surface area contributed by atoms with Gasteiger partial charge in [0.25, 0.3) is 0 Å². The topological polar surface area (TPSA) is 237 Å². The van der Waals surface area contributed by atoms with Crippen LogP contribution in [-0.4, -0.2) is 96.7 Å². The Hall–Kier alpha value is -4.54. The second kappa shape index (κ2) is 76.6. The number of phosphoric ester groups is 2. The molecule has 0 fully saturated rings. The molecule has 17 nitrogen and oxygen atoms in total. The van der Waals surface area contributed by atoms with E-state index < -0.39 is 97.5 Å². The highest BCUT2D eigenvalue weighted by atomic mass is 31.2. The molecule has 0 amide bonds. The van der Waals surface area contributed by atoms with Gasteiger partial charge in [-0.1, -0.05) is 284 Å². The van der Waals surface area contributed by atoms with Gasteiger partial charge >= 0.3 is 39.5 Å². The number of ether oxygens (including phenoxy) is 4. The van der Waals surface area contributed by atoms with Gasteiger partial charge in [-0.15, -0.1) is 0 Å². The average molecular weight is 1500 g/mol. The smallest absolute Gasteiger partial charge is 0.462 e. The highest BCUT2D eigenvalue weighted by Gasteiger charge is 2.30. The number of rotatable bonds is 76. The first kappa shape index (κ1) is 99.5. The van der Waals surface area contributed by atoms with Crippen LogP contribution < -0.4 is 0 Å². The molecule has 0 bridgehead atoms. The Bertz CT molecular complexity index is 2440. The van der Waals surface area contributed by atoms with Crippen molar-refractivity contribution >= 4 is 39.5 Å². The van der Waals surface area contributed by atoms with E-state index in [1.165, 1.54) is 83.5 Å². The molecular formula is C85H146O17P2. The van der Waals surface area contributed by atoms with Gasteiger partial charge in [0.1, 0.15) is 19.3 Å². The maximum atomic E-state index is 13.1. The zero-order valence-corrected chi connectivity index (χ0v) is 67.2. The van der Waals surface area contributed by atoms with E-state index in [0.717, 1.165) is 167 Å². The number of phosphoric acid groups is 2. The van der Waals surface area contributed by atoms with E-state index in [1.807, 2.05) is 18.2 Å². The fourth-order valence-electron chi connectivity index (χ4n) is 10.7. The van der Waals surface area contributed by atoms with Gasteiger partial charge in [-0.2, -0.15) is 0 Å². The summed E-state index contributed by atoms with van der Waals surface area (Å²) in [6, 6.07) is 0. The highest BCUT2D eigenvalue weighted by Crippen LogP contribution is 2.45. The third kappa shape index (κ3) is 75.7. The van der Waals surface area contributed by atoms with E-state index in [1.54, 1.807) is 0 Å². The number of esters is 4. The third-order valence-corrected chi connectivity index (χ3v) is 18.8. The molecule has 0 aliphatic heterocycles. The molecule has 0 saturated heterocycles. The Morgan fingerprint density at radius 1 is 0.279 bits per heavy atom. The van der Waals surface area contributed by atoms with Crippen LogP contribution in [0.3, 0.4) is 0 Å². The molecule has 598 valence electrons. The van der Waals surface area contributed by atoms with Crippen molar-refractivity contribution in [3.8, 4) is 0 Å². The van der Waals surface area contributed by atoms with Crippen LogP contribution >= 0.6 is 15.6 Å². The minimum Gasteiger partial charge on any atom is -0.462 e. The lowest BCUT2D eigenvalue weighted by molar-refractivity contribution is -0.161. The molecule has 5 atom stereocenters. The van der Waals surface area contributed by atoms with E-state index in [2.05, 4.69) is 131 Å². The van der Waals surface area contributed by atoms with Crippen molar-refractivity contribution in [1.82, 2.24) is 0 Å². The summed E-state index contributed by atoms with van der Waals surface area (Å²) in [5.41, 5.74) is 0. The van der Waals surface area contributed by atoms with Crippen LogP contribution in [-0.2, 0) is 65.4 Å². The third-order valence-electron chi connectivity index (χ3n) is 16.9. The standard InChI is InChI=1S/C85H146O17P2/c1-5-9-13-17-21-25-29-33-37-38-39-40-44-46-50-54-58-62-66-70-83(88)96-76-81(102-85(90)72-68-64-60-56-52-48-43-36-32-28-24-20-16-12-8-4)78-100-104(93,94)98-74-79(86)73-97-103(91,92)99-77-80(101-84(89)71-67-63-59-55-51-47-42-35-31-27-23-19-15-11-7-3)75-95-82(87)69-65-61-57-53-49-45-41-34-30-26-22-18-14-10-6-2/h9,13,21,24-28,30-31,33,36-37,39-40,43,46,50,58,62,79-81,86H,5-8,10-12,14-20,22-23,29,32,34-35,38,41-42,44-45,47-49,51-57,59-61,63-78H2,1-4H3,(H,91,92)(H,93,94)/t79?,80-,81-/m1/s1. The summed E-state index contributed by atoms with van der Waals surface area (Å²) in [7, 11) is -9.98. The predicted molar refractivity (Wildman–Crippen MR) is 427 cm³/mol. The van der Waals surface area contributed by atoms with Crippen LogP contribution in [0.15, 0.2) is 122 Å². The molecule has 104 heavy (non-hydrogen) atoms. The van der Waals surface area contributed by atoms with Gasteiger partial charge in [0, 0.05) is 25.7 Å². The Morgan fingerprint density at radius 3 is 0.856 bits per heavy atom. The van der Waals surface area contributed by atoms with Crippen LogP contribution in [0.2, 0.25) is 0 Å². The van der Waals surface area contributed by atoms with E-state index in [-0.39, 0.29) is 25.7 Å². The van der Waals surface area contributed by atoms with Gasteiger partial charge < -0.3 is 33.8 Å². The fourth-order valence-corrected chi connectivity index (χ4v) is 12.3. The first-order valence-electron chi connectivity index (χ1n) is 40.8. The van der Waals surface area contributed by atoms with Crippen LogP contribution in [0.5, 0.6) is 0 Å². The van der Waals surface area contributed by atoms with E-state index in [4.69, 9.17) is 37.0 Å². The molecular weight excluding hydrogens is 1350 g/mol. The molecule has 0 rings (SSSR count). The summed E-state index contributed by atoms with van der Waals surface area (Å²) in [6.45, 7) is 4.63. The number of carbonyl (C=O) groups is 4. The van der Waals surface area contributed by atoms with Crippen molar-refractivity contribution in [1.29, 1.82) is 0 Å². The summed E-state index contributed by atoms with van der Waals surface area (Å²) >= 11 is 0. The SMILES string of the molecule is CCC=CCC=CCC=CCC=CCC=CCC=CCCC(=O)OC[C@H](COP(=O)(O)OCC(O)COP(=O)(O)OC[C@@H](COC(=O)CCCCCCCCCC=CCCCCCC)OC(=O)CCCCCCCCCC=CCCCCCC)OC(=O)CCCCCCCC=CCC=CCCCCC. The minimum absolute atomic E-state index is 0.0312. The molecule has 0 aromatic rings. The minimum atomic E-state index is -5.00. The molecule has 0 aliphatic rings. The summed E-state index contributed by atoms with van der Waals surface area (Å²) in [6.07, 6.45) is 84.7. The normalized spacial score (nSPS) is 14.5. The van der Waals surface area contributed by atoms with Crippen molar-refractivity contribution in [3.63, 3.8) is 0 Å². The number of hydrogen-bond donors (Lipinski definition) is 3. The van der Waals surface area contributed by atoms with Gasteiger partial charge in [-0.25, -0.2) is 9.13 Å². The number of allylic oxidation sites excluding steroid dienone is 20. The average Bonchev–Trinajstić information content (AvgIpc) is 0.918. The lowest BCUT2D eigenvalue weighted by Gasteiger charge is -2.21. The van der Waals surface area contributed by atoms with E-state index in [0.29, 0.717) is 32.1 Å². The van der Waals surface area contributed by atoms with Crippen LogP contribution in [0, 0.1) is 0 Å². The second-order valence-electron chi connectivity index (χ2n) is 27.0. The Balaban J connectivity index is 5.43.